The van der Waals surface area contributed by atoms with Crippen LogP contribution < -0.4 is 4.00 Å². The molecule has 1 nitrogen and oxygen atoms in total. The van der Waals surface area contributed by atoms with Crippen molar-refractivity contribution in [2.45, 2.75) is 39.3 Å². The summed E-state index contributed by atoms with van der Waals surface area (Å²) < 4.78 is 1.76. The van der Waals surface area contributed by atoms with Crippen LogP contribution in [0.15, 0.2) is 0 Å². The van der Waals surface area contributed by atoms with E-state index < -0.39 is 16.5 Å². The highest BCUT2D eigenvalue weighted by molar-refractivity contribution is 7.15. The predicted octanol–water partition coefficient (Wildman–Crippen LogP) is 1.33. The molecule has 10 heavy (non-hydrogen) atoms. The van der Waals surface area contributed by atoms with E-state index in [1.807, 2.05) is 0 Å². The first-order valence-electron chi connectivity index (χ1n) is 3.79. The minimum Gasteiger partial charge on any atom is -0.447 e. The first-order chi connectivity index (χ1) is 4.15. The molecule has 4 heteroatoms. The summed E-state index contributed by atoms with van der Waals surface area (Å²) in [6.45, 7) is 14.5. The quantitative estimate of drug-likeness (QED) is 0.500. The van der Waals surface area contributed by atoms with Gasteiger partial charge in [0, 0.05) is 9.39 Å². The second kappa shape index (κ2) is 3.05. The van der Waals surface area contributed by atoms with Crippen LogP contribution in [0.3, 0.4) is 0 Å². The van der Waals surface area contributed by atoms with E-state index in [0.717, 1.165) is 0 Å². The maximum atomic E-state index is 2.99. The van der Waals surface area contributed by atoms with Crippen molar-refractivity contribution in [2.75, 3.05) is 0 Å². The fraction of sp³-hybridized carbons (Fsp3) is 1.00. The Morgan fingerprint density at radius 3 is 1.00 bits per heavy atom. The van der Waals surface area contributed by atoms with Gasteiger partial charge in [-0.15, -0.1) is 0 Å². The van der Waals surface area contributed by atoms with E-state index >= 15 is 0 Å². The average molecular weight is 194 g/mol. The molecule has 0 spiro atoms. The topological polar surface area (TPSA) is 4.44 Å². The summed E-state index contributed by atoms with van der Waals surface area (Å²) in [6, 6.07) is 0. The van der Waals surface area contributed by atoms with Crippen molar-refractivity contribution in [3.8, 4) is 0 Å². The molecule has 0 aliphatic rings. The summed E-state index contributed by atoms with van der Waals surface area (Å²) in [7, 11) is 1.08. The zero-order chi connectivity index (χ0) is 8.58. The average Bonchev–Trinajstić information content (AvgIpc) is 1.59. The van der Waals surface area contributed by atoms with Crippen molar-refractivity contribution in [3.05, 3.63) is 0 Å². The normalized spacial score (nSPS) is 14.4. The zero-order valence-corrected chi connectivity index (χ0v) is 11.2. The molecule has 1 N–H and O–H groups in total. The molecular weight excluding hydrogens is 173 g/mol. The number of quaternary nitrogens is 1. The Morgan fingerprint density at radius 1 is 0.800 bits per heavy atom. The van der Waals surface area contributed by atoms with Crippen LogP contribution in [0.4, 0.5) is 0 Å². The SMILES string of the molecule is C[Si](C)(C)[NH+](P)[Si](C)(C)C. The lowest BCUT2D eigenvalue weighted by Crippen LogP contribution is -3.21. The van der Waals surface area contributed by atoms with Gasteiger partial charge in [0.15, 0.2) is 0 Å². The summed E-state index contributed by atoms with van der Waals surface area (Å²) in [5.41, 5.74) is 0. The fourth-order valence-corrected chi connectivity index (χ4v) is 10.1. The van der Waals surface area contributed by atoms with Crippen LogP contribution in [0.2, 0.25) is 39.3 Å². The molecule has 0 aliphatic carbocycles. The van der Waals surface area contributed by atoms with Gasteiger partial charge in [-0.05, 0) is 39.3 Å². The standard InChI is InChI=1S/C6H20NPSi2/c1-9(2,3)7(8)10(4,5)6/h8H2,1-6H3/p+1. The fourth-order valence-electron chi connectivity index (χ4n) is 1.12. The van der Waals surface area contributed by atoms with E-state index in [-0.39, 0.29) is 0 Å². The number of hydrogen-bond donors (Lipinski definition) is 1. The lowest BCUT2D eigenvalue weighted by Gasteiger charge is -2.36. The molecule has 0 saturated heterocycles. The van der Waals surface area contributed by atoms with Crippen molar-refractivity contribution in [1.82, 2.24) is 0 Å². The highest BCUT2D eigenvalue weighted by atomic mass is 31.0. The van der Waals surface area contributed by atoms with Crippen molar-refractivity contribution >= 4 is 25.9 Å². The Bertz CT molecular complexity index is 99.9. The van der Waals surface area contributed by atoms with E-state index in [9.17, 15) is 0 Å². The first kappa shape index (κ1) is 10.8. The predicted molar refractivity (Wildman–Crippen MR) is 57.4 cm³/mol. The zero-order valence-electron chi connectivity index (χ0n) is 8.08. The van der Waals surface area contributed by atoms with Gasteiger partial charge in [-0.25, -0.2) is 0 Å². The monoisotopic (exact) mass is 194 g/mol. The van der Waals surface area contributed by atoms with Gasteiger partial charge in [-0.2, -0.15) is 0 Å². The Morgan fingerprint density at radius 2 is 1.00 bits per heavy atom. The Labute approximate surface area is 69.6 Å². The summed E-state index contributed by atoms with van der Waals surface area (Å²) in [6.07, 6.45) is 0. The summed E-state index contributed by atoms with van der Waals surface area (Å²) >= 11 is 0. The third-order valence-electron chi connectivity index (χ3n) is 1.62. The molecule has 1 atom stereocenters. The lowest BCUT2D eigenvalue weighted by atomic mass is 11.8. The molecule has 0 heterocycles. The number of nitrogens with one attached hydrogen (secondary N) is 1. The summed E-state index contributed by atoms with van der Waals surface area (Å²) in [5.74, 6) is 0. The van der Waals surface area contributed by atoms with Gasteiger partial charge in [0.25, 0.3) is 16.5 Å². The second-order valence-electron chi connectivity index (χ2n) is 4.91. The molecule has 0 aromatic rings. The molecule has 0 aliphatic heterocycles. The number of rotatable bonds is 2. The molecule has 0 aromatic carbocycles. The molecule has 1 unspecified atom stereocenters. The largest absolute Gasteiger partial charge is 0.447 e. The minimum absolute atomic E-state index is 0.955. The molecular formula is C6H21NPSi2+. The molecule has 0 rings (SSSR count). The molecule has 0 fully saturated rings. The van der Waals surface area contributed by atoms with Crippen LogP contribution in [0, 0.1) is 0 Å². The van der Waals surface area contributed by atoms with E-state index in [2.05, 4.69) is 48.7 Å². The van der Waals surface area contributed by atoms with E-state index in [4.69, 9.17) is 0 Å². The van der Waals surface area contributed by atoms with Crippen LogP contribution in [-0.2, 0) is 0 Å². The van der Waals surface area contributed by atoms with Crippen molar-refractivity contribution < 1.29 is 4.00 Å². The van der Waals surface area contributed by atoms with Crippen LogP contribution in [0.25, 0.3) is 0 Å². The van der Waals surface area contributed by atoms with Crippen molar-refractivity contribution in [3.63, 3.8) is 0 Å². The molecule has 0 radical (unpaired) electrons. The van der Waals surface area contributed by atoms with E-state index in [0.29, 0.717) is 0 Å². The third-order valence-corrected chi connectivity index (χ3v) is 14.5. The summed E-state index contributed by atoms with van der Waals surface area (Å²) in [5, 5.41) is 0. The van der Waals surface area contributed by atoms with Crippen LogP contribution in [0.1, 0.15) is 0 Å². The molecule has 0 saturated carbocycles. The number of hydrogen-bond acceptors (Lipinski definition) is 0. The van der Waals surface area contributed by atoms with Gasteiger partial charge < -0.3 is 4.00 Å². The molecule has 0 bridgehead atoms. The van der Waals surface area contributed by atoms with Crippen LogP contribution in [0.5, 0.6) is 0 Å². The van der Waals surface area contributed by atoms with Crippen LogP contribution in [-0.4, -0.2) is 16.5 Å². The van der Waals surface area contributed by atoms with Crippen molar-refractivity contribution in [1.29, 1.82) is 0 Å². The second-order valence-corrected chi connectivity index (χ2v) is 17.2. The summed E-state index contributed by atoms with van der Waals surface area (Å²) in [4.78, 5) is 0. The Hall–Kier alpha value is 0.824. The first-order valence-corrected chi connectivity index (χ1v) is 11.4. The lowest BCUT2D eigenvalue weighted by molar-refractivity contribution is -0.509. The smallest absolute Gasteiger partial charge is 0.258 e. The maximum Gasteiger partial charge on any atom is 0.258 e. The van der Waals surface area contributed by atoms with Gasteiger partial charge in [0.05, 0.1) is 0 Å². The van der Waals surface area contributed by atoms with E-state index in [1.165, 1.54) is 0 Å². The van der Waals surface area contributed by atoms with Gasteiger partial charge >= 0.3 is 0 Å². The molecule has 0 aromatic heterocycles. The highest BCUT2D eigenvalue weighted by Crippen LogP contribution is 1.99. The molecule has 62 valence electrons. The van der Waals surface area contributed by atoms with Crippen molar-refractivity contribution in [2.24, 2.45) is 0 Å². The van der Waals surface area contributed by atoms with Gasteiger partial charge in [0.1, 0.15) is 0 Å². The van der Waals surface area contributed by atoms with Crippen LogP contribution >= 0.6 is 9.39 Å². The molecule has 0 amide bonds. The highest BCUT2D eigenvalue weighted by Gasteiger charge is 2.37. The van der Waals surface area contributed by atoms with Gasteiger partial charge in [-0.3, -0.25) is 0 Å². The Kier molecular flexibility index (Phi) is 3.31. The maximum absolute atomic E-state index is 2.99. The Balaban J connectivity index is 4.23. The third kappa shape index (κ3) is 3.28. The van der Waals surface area contributed by atoms with Gasteiger partial charge in [-0.1, -0.05) is 0 Å². The van der Waals surface area contributed by atoms with E-state index in [1.54, 1.807) is 4.00 Å². The minimum atomic E-state index is -0.955. The van der Waals surface area contributed by atoms with Gasteiger partial charge in [0.2, 0.25) is 0 Å².